The summed E-state index contributed by atoms with van der Waals surface area (Å²) >= 11 is 0. The molecule has 1 aliphatic carbocycles. The molecule has 0 aliphatic heterocycles. The molecule has 0 aromatic rings. The van der Waals surface area contributed by atoms with E-state index in [0.717, 1.165) is 45.3 Å². The molecule has 0 aromatic carbocycles. The van der Waals surface area contributed by atoms with E-state index in [-0.39, 0.29) is 12.0 Å². The van der Waals surface area contributed by atoms with E-state index in [4.69, 9.17) is 16.0 Å². The van der Waals surface area contributed by atoms with Crippen LogP contribution in [0.3, 0.4) is 0 Å². The molecule has 0 bridgehead atoms. The van der Waals surface area contributed by atoms with Crippen LogP contribution in [-0.4, -0.2) is 47.3 Å². The summed E-state index contributed by atoms with van der Waals surface area (Å²) in [6.07, 6.45) is 5.25. The molecule has 1 fully saturated rings. The van der Waals surface area contributed by atoms with E-state index in [2.05, 4.69) is 17.0 Å². The SMILES string of the molecule is CCCCN(CCO)CC1(CC(N)=NO)CC1. The van der Waals surface area contributed by atoms with Crippen molar-refractivity contribution in [3.8, 4) is 0 Å². The van der Waals surface area contributed by atoms with Gasteiger partial charge in [0, 0.05) is 19.5 Å². The highest BCUT2D eigenvalue weighted by molar-refractivity contribution is 5.80. The van der Waals surface area contributed by atoms with Crippen LogP contribution in [0.1, 0.15) is 39.0 Å². The predicted octanol–water partition coefficient (Wildman–Crippen LogP) is 0.997. The lowest BCUT2D eigenvalue weighted by atomic mass is 10.0. The van der Waals surface area contributed by atoms with Crippen LogP contribution >= 0.6 is 0 Å². The van der Waals surface area contributed by atoms with E-state index in [1.165, 1.54) is 0 Å². The van der Waals surface area contributed by atoms with Crippen LogP contribution in [-0.2, 0) is 0 Å². The van der Waals surface area contributed by atoms with E-state index in [9.17, 15) is 0 Å². The number of nitrogens with two attached hydrogens (primary N) is 1. The standard InChI is InChI=1S/C12H25N3O2/c1-2-3-6-15(7-8-16)10-12(4-5-12)9-11(13)14-17/h16-17H,2-10H2,1H3,(H2,13,14). The molecule has 1 rings (SSSR count). The summed E-state index contributed by atoms with van der Waals surface area (Å²) in [5.41, 5.74) is 5.77. The molecule has 1 aliphatic rings. The molecular weight excluding hydrogens is 218 g/mol. The normalized spacial score (nSPS) is 18.6. The van der Waals surface area contributed by atoms with Gasteiger partial charge in [0.15, 0.2) is 0 Å². The van der Waals surface area contributed by atoms with E-state index in [1.54, 1.807) is 0 Å². The zero-order valence-electron chi connectivity index (χ0n) is 10.7. The number of hydrogen-bond donors (Lipinski definition) is 3. The molecule has 0 unspecified atom stereocenters. The van der Waals surface area contributed by atoms with Gasteiger partial charge in [0.2, 0.25) is 0 Å². The first-order valence-electron chi connectivity index (χ1n) is 6.45. The van der Waals surface area contributed by atoms with Gasteiger partial charge in [-0.05, 0) is 31.2 Å². The molecule has 0 atom stereocenters. The van der Waals surface area contributed by atoms with Crippen molar-refractivity contribution >= 4 is 5.84 Å². The third kappa shape index (κ3) is 4.91. The Kier molecular flexibility index (Phi) is 5.71. The number of aliphatic hydroxyl groups excluding tert-OH is 1. The molecule has 0 radical (unpaired) electrons. The minimum Gasteiger partial charge on any atom is -0.409 e. The smallest absolute Gasteiger partial charge is 0.139 e. The first-order valence-corrected chi connectivity index (χ1v) is 6.45. The van der Waals surface area contributed by atoms with Crippen molar-refractivity contribution in [3.63, 3.8) is 0 Å². The molecule has 1 saturated carbocycles. The van der Waals surface area contributed by atoms with Crippen molar-refractivity contribution in [2.45, 2.75) is 39.0 Å². The average molecular weight is 243 g/mol. The van der Waals surface area contributed by atoms with Gasteiger partial charge in [-0.15, -0.1) is 0 Å². The number of nitrogens with zero attached hydrogens (tertiary/aromatic N) is 2. The molecule has 0 amide bonds. The number of hydrogen-bond acceptors (Lipinski definition) is 4. The maximum Gasteiger partial charge on any atom is 0.139 e. The molecule has 0 spiro atoms. The van der Waals surface area contributed by atoms with Gasteiger partial charge in [0.25, 0.3) is 0 Å². The maximum atomic E-state index is 9.05. The molecule has 100 valence electrons. The first kappa shape index (κ1) is 14.3. The van der Waals surface area contributed by atoms with Gasteiger partial charge in [0.1, 0.15) is 5.84 Å². The largest absolute Gasteiger partial charge is 0.409 e. The Hall–Kier alpha value is -0.810. The van der Waals surface area contributed by atoms with Gasteiger partial charge >= 0.3 is 0 Å². The van der Waals surface area contributed by atoms with Crippen LogP contribution in [0.15, 0.2) is 5.16 Å². The second-order valence-corrected chi connectivity index (χ2v) is 5.12. The lowest BCUT2D eigenvalue weighted by Gasteiger charge is -2.26. The van der Waals surface area contributed by atoms with Crippen LogP contribution in [0.4, 0.5) is 0 Å². The molecule has 0 heterocycles. The summed E-state index contributed by atoms with van der Waals surface area (Å²) in [6, 6.07) is 0. The van der Waals surface area contributed by atoms with E-state index >= 15 is 0 Å². The van der Waals surface area contributed by atoms with Gasteiger partial charge in [-0.25, -0.2) is 0 Å². The highest BCUT2D eigenvalue weighted by Crippen LogP contribution is 2.49. The molecular formula is C12H25N3O2. The minimum atomic E-state index is 0.194. The summed E-state index contributed by atoms with van der Waals surface area (Å²) in [6.45, 7) is 5.06. The maximum absolute atomic E-state index is 9.05. The van der Waals surface area contributed by atoms with Crippen LogP contribution < -0.4 is 5.73 Å². The van der Waals surface area contributed by atoms with Crippen LogP contribution in [0.5, 0.6) is 0 Å². The Morgan fingerprint density at radius 3 is 2.59 bits per heavy atom. The Labute approximate surface area is 103 Å². The molecule has 5 heteroatoms. The summed E-state index contributed by atoms with van der Waals surface area (Å²) < 4.78 is 0. The monoisotopic (exact) mass is 243 g/mol. The zero-order valence-corrected chi connectivity index (χ0v) is 10.7. The third-order valence-electron chi connectivity index (χ3n) is 3.44. The van der Waals surface area contributed by atoms with Crippen molar-refractivity contribution in [3.05, 3.63) is 0 Å². The van der Waals surface area contributed by atoms with Crippen molar-refractivity contribution in [2.75, 3.05) is 26.2 Å². The Morgan fingerprint density at radius 1 is 1.41 bits per heavy atom. The highest BCUT2D eigenvalue weighted by Gasteiger charge is 2.44. The number of amidine groups is 1. The predicted molar refractivity (Wildman–Crippen MR) is 68.1 cm³/mol. The number of rotatable bonds is 9. The van der Waals surface area contributed by atoms with Gasteiger partial charge in [-0.2, -0.15) is 0 Å². The van der Waals surface area contributed by atoms with Crippen molar-refractivity contribution in [1.82, 2.24) is 4.90 Å². The van der Waals surface area contributed by atoms with Crippen molar-refractivity contribution in [2.24, 2.45) is 16.3 Å². The van der Waals surface area contributed by atoms with Gasteiger partial charge in [-0.3, -0.25) is 0 Å². The third-order valence-corrected chi connectivity index (χ3v) is 3.44. The Morgan fingerprint density at radius 2 is 2.12 bits per heavy atom. The van der Waals surface area contributed by atoms with Crippen molar-refractivity contribution in [1.29, 1.82) is 0 Å². The van der Waals surface area contributed by atoms with Crippen LogP contribution in [0, 0.1) is 5.41 Å². The number of oxime groups is 1. The molecule has 4 N–H and O–H groups in total. The van der Waals surface area contributed by atoms with Crippen molar-refractivity contribution < 1.29 is 10.3 Å². The molecule has 17 heavy (non-hydrogen) atoms. The average Bonchev–Trinajstić information content (AvgIpc) is 3.06. The number of unbranched alkanes of at least 4 members (excludes halogenated alkanes) is 1. The Bertz CT molecular complexity index is 252. The zero-order chi connectivity index (χ0) is 12.7. The lowest BCUT2D eigenvalue weighted by molar-refractivity contribution is 0.167. The van der Waals surface area contributed by atoms with Gasteiger partial charge in [0.05, 0.1) is 6.61 Å². The Balaban J connectivity index is 2.42. The highest BCUT2D eigenvalue weighted by atomic mass is 16.4. The first-order chi connectivity index (χ1) is 8.15. The molecule has 5 nitrogen and oxygen atoms in total. The lowest BCUT2D eigenvalue weighted by Crippen LogP contribution is -2.35. The topological polar surface area (TPSA) is 82.1 Å². The summed E-state index contributed by atoms with van der Waals surface area (Å²) in [4.78, 5) is 2.29. The molecule has 0 saturated heterocycles. The summed E-state index contributed by atoms with van der Waals surface area (Å²) in [5.74, 6) is 0.321. The summed E-state index contributed by atoms with van der Waals surface area (Å²) in [7, 11) is 0. The van der Waals surface area contributed by atoms with Crippen LogP contribution in [0.25, 0.3) is 0 Å². The molecule has 0 aromatic heterocycles. The fourth-order valence-electron chi connectivity index (χ4n) is 2.25. The second-order valence-electron chi connectivity index (χ2n) is 5.12. The van der Waals surface area contributed by atoms with Gasteiger partial charge in [-0.1, -0.05) is 18.5 Å². The quantitative estimate of drug-likeness (QED) is 0.244. The van der Waals surface area contributed by atoms with Gasteiger partial charge < -0.3 is 20.9 Å². The van der Waals surface area contributed by atoms with E-state index in [0.29, 0.717) is 12.3 Å². The second kappa shape index (κ2) is 6.81. The summed E-state index contributed by atoms with van der Waals surface area (Å²) in [5, 5.41) is 20.7. The fourth-order valence-corrected chi connectivity index (χ4v) is 2.25. The number of aliphatic hydroxyl groups is 1. The van der Waals surface area contributed by atoms with Crippen LogP contribution in [0.2, 0.25) is 0 Å². The van der Waals surface area contributed by atoms with E-state index < -0.39 is 0 Å². The fraction of sp³-hybridized carbons (Fsp3) is 0.917. The minimum absolute atomic E-state index is 0.194. The van der Waals surface area contributed by atoms with E-state index in [1.807, 2.05) is 0 Å².